The van der Waals surface area contributed by atoms with Crippen molar-refractivity contribution in [3.05, 3.63) is 34.3 Å². The molecule has 1 aliphatic carbocycles. The Hall–Kier alpha value is -0.790. The maximum Gasteiger partial charge on any atom is 0.434 e. The van der Waals surface area contributed by atoms with Crippen LogP contribution in [0.3, 0.4) is 0 Å². The molecule has 120 valence electrons. The van der Waals surface area contributed by atoms with Crippen LogP contribution in [0.4, 0.5) is 13.2 Å². The lowest BCUT2D eigenvalue weighted by atomic mass is 9.77. The van der Waals surface area contributed by atoms with Gasteiger partial charge in [-0.15, -0.1) is 0 Å². The molecule has 0 spiro atoms. The molecule has 22 heavy (non-hydrogen) atoms. The third-order valence-corrected chi connectivity index (χ3v) is 5.19. The Morgan fingerprint density at radius 2 is 2.05 bits per heavy atom. The number of benzene rings is 1. The second kappa shape index (κ2) is 5.11. The van der Waals surface area contributed by atoms with Gasteiger partial charge in [0.15, 0.2) is 0 Å². The molecule has 1 aliphatic heterocycles. The summed E-state index contributed by atoms with van der Waals surface area (Å²) < 4.78 is 46.6. The third kappa shape index (κ3) is 2.25. The first-order valence-corrected chi connectivity index (χ1v) is 7.84. The number of rotatable bonds is 2. The fourth-order valence-corrected chi connectivity index (χ4v) is 3.79. The van der Waals surface area contributed by atoms with Crippen LogP contribution in [0, 0.1) is 5.92 Å². The lowest BCUT2D eigenvalue weighted by molar-refractivity contribution is -0.279. The van der Waals surface area contributed by atoms with Gasteiger partial charge in [0.2, 0.25) is 5.91 Å². The maximum absolute atomic E-state index is 13.7. The second-order valence-electron chi connectivity index (χ2n) is 5.52. The van der Waals surface area contributed by atoms with Gasteiger partial charge in [0.05, 0.1) is 0 Å². The van der Waals surface area contributed by atoms with Gasteiger partial charge in [-0.3, -0.25) is 4.79 Å². The van der Waals surface area contributed by atoms with Gasteiger partial charge in [-0.25, -0.2) is 0 Å². The SMILES string of the molecule is O=C1COC(Cl)(C(F)(F)F)C(c2cccc(Br)c2)(C2CC2)N1. The van der Waals surface area contributed by atoms with Crippen LogP contribution in [-0.2, 0) is 15.1 Å². The van der Waals surface area contributed by atoms with Crippen LogP contribution < -0.4 is 5.32 Å². The molecule has 0 bridgehead atoms. The molecule has 1 aromatic rings. The van der Waals surface area contributed by atoms with Crippen molar-refractivity contribution in [3.63, 3.8) is 0 Å². The number of carbonyl (C=O) groups excluding carboxylic acids is 1. The molecule has 1 saturated heterocycles. The molecule has 8 heteroatoms. The Bertz CT molecular complexity index is 622. The van der Waals surface area contributed by atoms with E-state index in [1.165, 1.54) is 12.1 Å². The molecule has 1 aromatic carbocycles. The van der Waals surface area contributed by atoms with Gasteiger partial charge in [-0.05, 0) is 36.5 Å². The highest BCUT2D eigenvalue weighted by atomic mass is 79.9. The van der Waals surface area contributed by atoms with Gasteiger partial charge in [0.25, 0.3) is 5.06 Å². The molecule has 2 atom stereocenters. The largest absolute Gasteiger partial charge is 0.434 e. The number of amides is 1. The van der Waals surface area contributed by atoms with E-state index in [1.54, 1.807) is 12.1 Å². The van der Waals surface area contributed by atoms with Crippen LogP contribution in [0.15, 0.2) is 28.7 Å². The van der Waals surface area contributed by atoms with Crippen molar-refractivity contribution in [2.75, 3.05) is 6.61 Å². The number of morpholine rings is 1. The van der Waals surface area contributed by atoms with E-state index in [0.29, 0.717) is 17.3 Å². The van der Waals surface area contributed by atoms with E-state index in [9.17, 15) is 18.0 Å². The molecular weight excluding hydrogens is 387 g/mol. The fourth-order valence-electron chi connectivity index (χ4n) is 3.03. The molecule has 3 nitrogen and oxygen atoms in total. The van der Waals surface area contributed by atoms with Crippen molar-refractivity contribution >= 4 is 33.4 Å². The van der Waals surface area contributed by atoms with Gasteiger partial charge in [0, 0.05) is 4.47 Å². The van der Waals surface area contributed by atoms with Crippen LogP contribution in [0.1, 0.15) is 18.4 Å². The van der Waals surface area contributed by atoms with Crippen molar-refractivity contribution in [1.82, 2.24) is 5.32 Å². The summed E-state index contributed by atoms with van der Waals surface area (Å²) in [5.41, 5.74) is -1.55. The number of ether oxygens (including phenoxy) is 1. The molecule has 1 N–H and O–H groups in total. The number of alkyl halides is 4. The molecule has 0 aromatic heterocycles. The Balaban J connectivity index is 2.23. The summed E-state index contributed by atoms with van der Waals surface area (Å²) in [7, 11) is 0. The molecule has 1 amide bonds. The first-order chi connectivity index (χ1) is 10.2. The van der Waals surface area contributed by atoms with E-state index in [4.69, 9.17) is 16.3 Å². The molecule has 1 heterocycles. The minimum absolute atomic E-state index is 0.282. The lowest BCUT2D eigenvalue weighted by Crippen LogP contribution is -2.71. The first-order valence-electron chi connectivity index (χ1n) is 6.67. The molecule has 2 fully saturated rings. The topological polar surface area (TPSA) is 38.3 Å². The minimum Gasteiger partial charge on any atom is -0.340 e. The van der Waals surface area contributed by atoms with E-state index < -0.39 is 35.2 Å². The number of nitrogens with one attached hydrogen (secondary N) is 1. The minimum atomic E-state index is -4.84. The smallest absolute Gasteiger partial charge is 0.340 e. The lowest BCUT2D eigenvalue weighted by Gasteiger charge is -2.50. The summed E-state index contributed by atoms with van der Waals surface area (Å²) in [6.45, 7) is -0.717. The Morgan fingerprint density at radius 3 is 2.59 bits per heavy atom. The zero-order valence-electron chi connectivity index (χ0n) is 11.2. The van der Waals surface area contributed by atoms with Gasteiger partial charge < -0.3 is 10.1 Å². The van der Waals surface area contributed by atoms with Crippen LogP contribution in [0.25, 0.3) is 0 Å². The summed E-state index contributed by atoms with van der Waals surface area (Å²) in [5.74, 6) is -1.03. The van der Waals surface area contributed by atoms with Gasteiger partial charge in [0.1, 0.15) is 12.1 Å². The van der Waals surface area contributed by atoms with Crippen molar-refractivity contribution in [1.29, 1.82) is 0 Å². The highest BCUT2D eigenvalue weighted by Crippen LogP contribution is 2.60. The van der Waals surface area contributed by atoms with E-state index in [-0.39, 0.29) is 5.56 Å². The summed E-state index contributed by atoms with van der Waals surface area (Å²) in [6, 6.07) is 6.37. The molecular formula is C14H12BrClF3NO2. The van der Waals surface area contributed by atoms with Crippen molar-refractivity contribution < 1.29 is 22.7 Å². The van der Waals surface area contributed by atoms with E-state index >= 15 is 0 Å². The average Bonchev–Trinajstić information content (AvgIpc) is 3.25. The Labute approximate surface area is 138 Å². The van der Waals surface area contributed by atoms with Crippen molar-refractivity contribution in [2.45, 2.75) is 29.6 Å². The Kier molecular flexibility index (Phi) is 3.73. The van der Waals surface area contributed by atoms with Gasteiger partial charge >= 0.3 is 6.18 Å². The standard InChI is InChI=1S/C14H12BrClF3NO2/c15-10-3-1-2-9(6-10)12(8-4-5-8)13(16,14(17,18)19)22-7-11(21)20-12/h1-3,6,8H,4-5,7H2,(H,20,21). The van der Waals surface area contributed by atoms with Crippen molar-refractivity contribution in [2.24, 2.45) is 5.92 Å². The number of halogens is 5. The van der Waals surface area contributed by atoms with Gasteiger partial charge in [-0.2, -0.15) is 13.2 Å². The summed E-state index contributed by atoms with van der Waals surface area (Å²) in [6.07, 6.45) is -3.76. The highest BCUT2D eigenvalue weighted by Gasteiger charge is 2.74. The van der Waals surface area contributed by atoms with Crippen LogP contribution in [0.5, 0.6) is 0 Å². The summed E-state index contributed by atoms with van der Waals surface area (Å²) in [5, 5.41) is -0.494. The summed E-state index contributed by atoms with van der Waals surface area (Å²) >= 11 is 9.23. The fraction of sp³-hybridized carbons (Fsp3) is 0.500. The number of hydrogen-bond donors (Lipinski definition) is 1. The van der Waals surface area contributed by atoms with Crippen LogP contribution in [-0.4, -0.2) is 23.8 Å². The highest BCUT2D eigenvalue weighted by molar-refractivity contribution is 9.10. The van der Waals surface area contributed by atoms with E-state index in [0.717, 1.165) is 0 Å². The zero-order chi connectivity index (χ0) is 16.2. The normalized spacial score (nSPS) is 32.7. The van der Waals surface area contributed by atoms with Crippen LogP contribution in [0.2, 0.25) is 0 Å². The predicted octanol–water partition coefficient (Wildman–Crippen LogP) is 3.70. The predicted molar refractivity (Wildman–Crippen MR) is 77.3 cm³/mol. The monoisotopic (exact) mass is 397 g/mol. The molecule has 2 unspecified atom stereocenters. The van der Waals surface area contributed by atoms with E-state index in [2.05, 4.69) is 21.2 Å². The quantitative estimate of drug-likeness (QED) is 0.772. The average molecular weight is 399 g/mol. The van der Waals surface area contributed by atoms with Crippen LogP contribution >= 0.6 is 27.5 Å². The molecule has 1 saturated carbocycles. The molecule has 2 aliphatic rings. The first kappa shape index (κ1) is 16.1. The van der Waals surface area contributed by atoms with Gasteiger partial charge in [-0.1, -0.05) is 39.7 Å². The molecule has 3 rings (SSSR count). The second-order valence-corrected chi connectivity index (χ2v) is 6.97. The molecule has 0 radical (unpaired) electrons. The zero-order valence-corrected chi connectivity index (χ0v) is 13.6. The maximum atomic E-state index is 13.7. The third-order valence-electron chi connectivity index (χ3n) is 4.08. The summed E-state index contributed by atoms with van der Waals surface area (Å²) in [4.78, 5) is 11.8. The Morgan fingerprint density at radius 1 is 1.36 bits per heavy atom. The van der Waals surface area contributed by atoms with Crippen molar-refractivity contribution in [3.8, 4) is 0 Å². The number of hydrogen-bond acceptors (Lipinski definition) is 2. The number of carbonyl (C=O) groups is 1. The van der Waals surface area contributed by atoms with E-state index in [1.807, 2.05) is 0 Å².